The van der Waals surface area contributed by atoms with Gasteiger partial charge < -0.3 is 9.47 Å². The molecule has 0 saturated carbocycles. The van der Waals surface area contributed by atoms with Gasteiger partial charge in [-0.1, -0.05) is 0 Å². The number of carbonyl (C=O) groups excluding carboxylic acids is 1. The Kier molecular flexibility index (Phi) is 2.92. The number of ether oxygens (including phenoxy) is 2. The third-order valence-electron chi connectivity index (χ3n) is 1.08. The van der Waals surface area contributed by atoms with E-state index in [0.29, 0.717) is 5.75 Å². The molecule has 0 saturated heterocycles. The van der Waals surface area contributed by atoms with Crippen LogP contribution in [0.25, 0.3) is 0 Å². The molecule has 1 aromatic heterocycles. The Hall–Kier alpha value is -1.03. The lowest BCUT2D eigenvalue weighted by Crippen LogP contribution is -2.11. The lowest BCUT2D eigenvalue weighted by molar-refractivity contribution is -0.142. The summed E-state index contributed by atoms with van der Waals surface area (Å²) < 4.78 is 9.42. The zero-order chi connectivity index (χ0) is 8.10. The second-order valence-corrected chi connectivity index (χ2v) is 2.60. The molecular formula is C7H8O3S. The Morgan fingerprint density at radius 3 is 3.09 bits per heavy atom. The minimum atomic E-state index is -0.365. The summed E-state index contributed by atoms with van der Waals surface area (Å²) in [7, 11) is 1.33. The largest absolute Gasteiger partial charge is 0.481 e. The summed E-state index contributed by atoms with van der Waals surface area (Å²) in [6.45, 7) is -0.0206. The smallest absolute Gasteiger partial charge is 0.343 e. The molecular weight excluding hydrogens is 164 g/mol. The molecule has 0 atom stereocenters. The van der Waals surface area contributed by atoms with Crippen molar-refractivity contribution in [3.63, 3.8) is 0 Å². The SMILES string of the molecule is COC(=O)COc1ccsc1. The number of rotatable bonds is 3. The Bertz CT molecular complexity index is 218. The first kappa shape index (κ1) is 8.07. The van der Waals surface area contributed by atoms with Crippen LogP contribution < -0.4 is 4.74 Å². The zero-order valence-electron chi connectivity index (χ0n) is 6.07. The van der Waals surface area contributed by atoms with Crippen molar-refractivity contribution >= 4 is 17.3 Å². The maximum Gasteiger partial charge on any atom is 0.343 e. The predicted octanol–water partition coefficient (Wildman–Crippen LogP) is 1.30. The van der Waals surface area contributed by atoms with Crippen LogP contribution >= 0.6 is 11.3 Å². The molecule has 1 heterocycles. The summed E-state index contributed by atoms with van der Waals surface area (Å²) in [4.78, 5) is 10.6. The average molecular weight is 172 g/mol. The number of thiophene rings is 1. The second-order valence-electron chi connectivity index (χ2n) is 1.82. The quantitative estimate of drug-likeness (QED) is 0.645. The van der Waals surface area contributed by atoms with Crippen LogP contribution in [0.2, 0.25) is 0 Å². The van der Waals surface area contributed by atoms with Crippen LogP contribution in [-0.4, -0.2) is 19.7 Å². The molecule has 1 rings (SSSR count). The van der Waals surface area contributed by atoms with Crippen molar-refractivity contribution in [2.24, 2.45) is 0 Å². The molecule has 60 valence electrons. The molecule has 0 aliphatic heterocycles. The van der Waals surface area contributed by atoms with Crippen molar-refractivity contribution in [3.8, 4) is 5.75 Å². The zero-order valence-corrected chi connectivity index (χ0v) is 6.89. The van der Waals surface area contributed by atoms with Gasteiger partial charge in [0.2, 0.25) is 0 Å². The van der Waals surface area contributed by atoms with Crippen molar-refractivity contribution < 1.29 is 14.3 Å². The van der Waals surface area contributed by atoms with Crippen molar-refractivity contribution in [2.45, 2.75) is 0 Å². The van der Waals surface area contributed by atoms with Crippen molar-refractivity contribution in [3.05, 3.63) is 16.8 Å². The molecule has 0 N–H and O–H groups in total. The Morgan fingerprint density at radius 2 is 2.55 bits per heavy atom. The second kappa shape index (κ2) is 3.98. The number of hydrogen-bond donors (Lipinski definition) is 0. The van der Waals surface area contributed by atoms with Crippen molar-refractivity contribution in [1.29, 1.82) is 0 Å². The fraction of sp³-hybridized carbons (Fsp3) is 0.286. The molecule has 0 unspecified atom stereocenters. The number of esters is 1. The molecule has 0 radical (unpaired) electrons. The molecule has 4 heteroatoms. The van der Waals surface area contributed by atoms with E-state index in [2.05, 4.69) is 4.74 Å². The summed E-state index contributed by atoms with van der Waals surface area (Å²) in [5.41, 5.74) is 0. The molecule has 0 aromatic carbocycles. The minimum absolute atomic E-state index is 0.0206. The highest BCUT2D eigenvalue weighted by molar-refractivity contribution is 7.08. The minimum Gasteiger partial charge on any atom is -0.481 e. The predicted molar refractivity (Wildman–Crippen MR) is 41.8 cm³/mol. The fourth-order valence-corrected chi connectivity index (χ4v) is 1.11. The highest BCUT2D eigenvalue weighted by atomic mass is 32.1. The van der Waals surface area contributed by atoms with E-state index in [9.17, 15) is 4.79 Å². The van der Waals surface area contributed by atoms with E-state index in [0.717, 1.165) is 0 Å². The molecule has 0 aliphatic carbocycles. The van der Waals surface area contributed by atoms with Gasteiger partial charge in [0.25, 0.3) is 0 Å². The summed E-state index contributed by atoms with van der Waals surface area (Å²) in [6, 6.07) is 1.80. The molecule has 0 fully saturated rings. The van der Waals surface area contributed by atoms with Crippen LogP contribution in [-0.2, 0) is 9.53 Å². The fourth-order valence-electron chi connectivity index (χ4n) is 0.535. The van der Waals surface area contributed by atoms with Crippen molar-refractivity contribution in [2.75, 3.05) is 13.7 Å². The summed E-state index contributed by atoms with van der Waals surface area (Å²) in [5.74, 6) is 0.344. The van der Waals surface area contributed by atoms with Gasteiger partial charge in [0.1, 0.15) is 5.75 Å². The molecule has 0 bridgehead atoms. The summed E-state index contributed by atoms with van der Waals surface area (Å²) in [5, 5.41) is 3.70. The van der Waals surface area contributed by atoms with E-state index >= 15 is 0 Å². The van der Waals surface area contributed by atoms with Crippen LogP contribution in [0.3, 0.4) is 0 Å². The van der Waals surface area contributed by atoms with Gasteiger partial charge in [-0.25, -0.2) is 4.79 Å². The monoisotopic (exact) mass is 172 g/mol. The Balaban J connectivity index is 2.29. The molecule has 0 spiro atoms. The van der Waals surface area contributed by atoms with Crippen LogP contribution in [0.15, 0.2) is 16.8 Å². The van der Waals surface area contributed by atoms with Gasteiger partial charge in [-0.15, -0.1) is 11.3 Å². The van der Waals surface area contributed by atoms with E-state index in [1.807, 2.05) is 10.8 Å². The first-order valence-electron chi connectivity index (χ1n) is 3.04. The normalized spacial score (nSPS) is 9.18. The highest BCUT2D eigenvalue weighted by Crippen LogP contribution is 2.14. The third kappa shape index (κ3) is 2.59. The van der Waals surface area contributed by atoms with Gasteiger partial charge in [-0.3, -0.25) is 0 Å². The molecule has 0 amide bonds. The van der Waals surface area contributed by atoms with Crippen molar-refractivity contribution in [1.82, 2.24) is 0 Å². The topological polar surface area (TPSA) is 35.5 Å². The maximum atomic E-state index is 10.6. The van der Waals surface area contributed by atoms with Gasteiger partial charge in [-0.2, -0.15) is 0 Å². The number of hydrogen-bond acceptors (Lipinski definition) is 4. The summed E-state index contributed by atoms with van der Waals surface area (Å²) >= 11 is 1.52. The first-order chi connectivity index (χ1) is 5.33. The lowest BCUT2D eigenvalue weighted by atomic mass is 10.6. The van der Waals surface area contributed by atoms with Crippen LogP contribution in [0.4, 0.5) is 0 Å². The highest BCUT2D eigenvalue weighted by Gasteiger charge is 2.00. The molecule has 0 aliphatic rings. The van der Waals surface area contributed by atoms with Gasteiger partial charge in [0.05, 0.1) is 7.11 Å². The first-order valence-corrected chi connectivity index (χ1v) is 3.99. The van der Waals surface area contributed by atoms with E-state index in [4.69, 9.17) is 4.74 Å². The van der Waals surface area contributed by atoms with Gasteiger partial charge in [-0.05, 0) is 11.4 Å². The molecule has 3 nitrogen and oxygen atoms in total. The molecule has 1 aromatic rings. The van der Waals surface area contributed by atoms with Gasteiger partial charge in [0.15, 0.2) is 6.61 Å². The van der Waals surface area contributed by atoms with Crippen LogP contribution in [0.1, 0.15) is 0 Å². The standard InChI is InChI=1S/C7H8O3S/c1-9-7(8)4-10-6-2-3-11-5-6/h2-3,5H,4H2,1H3. The number of methoxy groups -OCH3 is 1. The average Bonchev–Trinajstić information content (AvgIpc) is 2.52. The van der Waals surface area contributed by atoms with E-state index in [1.165, 1.54) is 18.4 Å². The summed E-state index contributed by atoms with van der Waals surface area (Å²) in [6.07, 6.45) is 0. The van der Waals surface area contributed by atoms with Gasteiger partial charge >= 0.3 is 5.97 Å². The van der Waals surface area contributed by atoms with Crippen LogP contribution in [0.5, 0.6) is 5.75 Å². The van der Waals surface area contributed by atoms with E-state index < -0.39 is 0 Å². The van der Waals surface area contributed by atoms with Gasteiger partial charge in [0, 0.05) is 5.38 Å². The third-order valence-corrected chi connectivity index (χ3v) is 1.74. The lowest BCUT2D eigenvalue weighted by Gasteiger charge is -2.00. The van der Waals surface area contributed by atoms with Crippen LogP contribution in [0, 0.1) is 0 Å². The van der Waals surface area contributed by atoms with E-state index in [-0.39, 0.29) is 12.6 Å². The maximum absolute atomic E-state index is 10.6. The number of carbonyl (C=O) groups is 1. The Morgan fingerprint density at radius 1 is 1.73 bits per heavy atom. The van der Waals surface area contributed by atoms with E-state index in [1.54, 1.807) is 6.07 Å². The Labute approximate surface area is 68.6 Å². The molecule has 11 heavy (non-hydrogen) atoms.